The van der Waals surface area contributed by atoms with Crippen molar-refractivity contribution in [3.05, 3.63) is 63.6 Å². The lowest BCUT2D eigenvalue weighted by molar-refractivity contribution is 0.291. The van der Waals surface area contributed by atoms with Crippen molar-refractivity contribution in [1.82, 2.24) is 0 Å². The van der Waals surface area contributed by atoms with Gasteiger partial charge in [0.15, 0.2) is 8.32 Å². The number of ether oxygens (including phenoxy) is 1. The van der Waals surface area contributed by atoms with Gasteiger partial charge in [0.25, 0.3) is 0 Å². The molecule has 2 aromatic carbocycles. The van der Waals surface area contributed by atoms with Gasteiger partial charge < -0.3 is 9.16 Å². The first-order valence-electron chi connectivity index (χ1n) is 10.1. The predicted molar refractivity (Wildman–Crippen MR) is 126 cm³/mol. The van der Waals surface area contributed by atoms with Crippen molar-refractivity contribution in [3.63, 3.8) is 0 Å². The summed E-state index contributed by atoms with van der Waals surface area (Å²) in [5.41, 5.74) is 3.99. The average Bonchev–Trinajstić information content (AvgIpc) is 2.60. The molecule has 0 aliphatic rings. The Morgan fingerprint density at radius 2 is 1.64 bits per heavy atom. The van der Waals surface area contributed by atoms with E-state index in [1.54, 1.807) is 0 Å². The van der Waals surface area contributed by atoms with Crippen molar-refractivity contribution in [1.29, 1.82) is 0 Å². The molecule has 0 radical (unpaired) electrons. The molecule has 0 fully saturated rings. The van der Waals surface area contributed by atoms with Crippen LogP contribution in [0, 0.1) is 0 Å². The van der Waals surface area contributed by atoms with Gasteiger partial charge in [0.2, 0.25) is 0 Å². The molecule has 0 aliphatic heterocycles. The van der Waals surface area contributed by atoms with Gasteiger partial charge in [-0.25, -0.2) is 0 Å². The maximum Gasteiger partial charge on any atom is 0.191 e. The van der Waals surface area contributed by atoms with Crippen molar-refractivity contribution < 1.29 is 9.16 Å². The van der Waals surface area contributed by atoms with Crippen molar-refractivity contribution in [2.75, 3.05) is 6.61 Å². The van der Waals surface area contributed by atoms with E-state index in [1.807, 2.05) is 24.3 Å². The van der Waals surface area contributed by atoms with E-state index in [4.69, 9.17) is 9.16 Å². The van der Waals surface area contributed by atoms with E-state index in [0.29, 0.717) is 12.5 Å². The van der Waals surface area contributed by atoms with Gasteiger partial charge in [-0.15, -0.1) is 0 Å². The summed E-state index contributed by atoms with van der Waals surface area (Å²) in [5.74, 6) is 1.39. The standard InChI is InChI=1S/C24H35BrO2Si/c1-18(2)23-13-8-19(17-26-22-11-9-21(25)10-12-22)16-20(23)14-15-27-28(6,7)24(3,4)5/h8-13,16,18H,14-15,17H2,1-7H3. The molecule has 0 N–H and O–H groups in total. The molecular formula is C24H35BrO2Si. The Bertz CT molecular complexity index is 761. The molecular weight excluding hydrogens is 428 g/mol. The Labute approximate surface area is 180 Å². The highest BCUT2D eigenvalue weighted by molar-refractivity contribution is 9.10. The molecule has 2 aromatic rings. The maximum absolute atomic E-state index is 6.42. The van der Waals surface area contributed by atoms with Crippen LogP contribution in [0.25, 0.3) is 0 Å². The van der Waals surface area contributed by atoms with Crippen LogP contribution >= 0.6 is 15.9 Å². The summed E-state index contributed by atoms with van der Waals surface area (Å²) in [7, 11) is -1.71. The third-order valence-corrected chi connectivity index (χ3v) is 10.8. The zero-order valence-electron chi connectivity index (χ0n) is 18.4. The molecule has 0 heterocycles. The van der Waals surface area contributed by atoms with Crippen LogP contribution in [-0.2, 0) is 17.5 Å². The van der Waals surface area contributed by atoms with Gasteiger partial charge in [-0.1, -0.05) is 68.7 Å². The number of halogens is 1. The predicted octanol–water partition coefficient (Wildman–Crippen LogP) is 7.72. The van der Waals surface area contributed by atoms with Crippen molar-refractivity contribution >= 4 is 24.2 Å². The molecule has 0 atom stereocenters. The van der Waals surface area contributed by atoms with Gasteiger partial charge in [0.1, 0.15) is 12.4 Å². The fraction of sp³-hybridized carbons (Fsp3) is 0.500. The molecule has 0 bridgehead atoms. The first kappa shape index (κ1) is 23.2. The first-order valence-corrected chi connectivity index (χ1v) is 13.8. The average molecular weight is 464 g/mol. The summed E-state index contributed by atoms with van der Waals surface area (Å²) >= 11 is 3.46. The molecule has 0 unspecified atom stereocenters. The lowest BCUT2D eigenvalue weighted by atomic mass is 9.94. The lowest BCUT2D eigenvalue weighted by Crippen LogP contribution is -2.41. The van der Waals surface area contributed by atoms with E-state index in [0.717, 1.165) is 23.2 Å². The molecule has 0 aromatic heterocycles. The summed E-state index contributed by atoms with van der Waals surface area (Å²) in [6, 6.07) is 14.7. The minimum Gasteiger partial charge on any atom is -0.489 e. The summed E-state index contributed by atoms with van der Waals surface area (Å²) in [5, 5.41) is 0.244. The van der Waals surface area contributed by atoms with E-state index in [-0.39, 0.29) is 5.04 Å². The van der Waals surface area contributed by atoms with E-state index >= 15 is 0 Å². The quantitative estimate of drug-likeness (QED) is 0.373. The fourth-order valence-corrected chi connectivity index (χ4v) is 4.17. The molecule has 0 spiro atoms. The lowest BCUT2D eigenvalue weighted by Gasteiger charge is -2.36. The normalized spacial score (nSPS) is 12.5. The van der Waals surface area contributed by atoms with E-state index < -0.39 is 8.32 Å². The van der Waals surface area contributed by atoms with Crippen molar-refractivity contribution in [2.45, 2.75) is 71.7 Å². The van der Waals surface area contributed by atoms with Crippen LogP contribution in [0.3, 0.4) is 0 Å². The van der Waals surface area contributed by atoms with Crippen LogP contribution in [0.1, 0.15) is 57.2 Å². The smallest absolute Gasteiger partial charge is 0.191 e. The molecule has 28 heavy (non-hydrogen) atoms. The van der Waals surface area contributed by atoms with Crippen LogP contribution in [-0.4, -0.2) is 14.9 Å². The summed E-state index contributed by atoms with van der Waals surface area (Å²) in [6.07, 6.45) is 0.951. The number of benzene rings is 2. The van der Waals surface area contributed by atoms with Gasteiger partial charge in [0, 0.05) is 11.1 Å². The third-order valence-electron chi connectivity index (χ3n) is 5.69. The molecule has 0 aliphatic carbocycles. The van der Waals surface area contributed by atoms with Crippen LogP contribution in [0.5, 0.6) is 5.75 Å². The molecule has 154 valence electrons. The second kappa shape index (κ2) is 9.60. The summed E-state index contributed by atoms with van der Waals surface area (Å²) in [6.45, 7) is 17.4. The number of hydrogen-bond acceptors (Lipinski definition) is 2. The molecule has 0 amide bonds. The molecule has 2 rings (SSSR count). The van der Waals surface area contributed by atoms with Crippen LogP contribution in [0.2, 0.25) is 18.1 Å². The fourth-order valence-electron chi connectivity index (χ4n) is 2.86. The van der Waals surface area contributed by atoms with E-state index in [9.17, 15) is 0 Å². The van der Waals surface area contributed by atoms with Crippen molar-refractivity contribution in [2.24, 2.45) is 0 Å². The number of hydrogen-bond donors (Lipinski definition) is 0. The highest BCUT2D eigenvalue weighted by Crippen LogP contribution is 2.36. The zero-order chi connectivity index (χ0) is 20.9. The van der Waals surface area contributed by atoms with E-state index in [2.05, 4.69) is 81.8 Å². The van der Waals surface area contributed by atoms with Crippen LogP contribution in [0.15, 0.2) is 46.9 Å². The molecule has 0 saturated carbocycles. The Hall–Kier alpha value is -1.10. The Morgan fingerprint density at radius 3 is 2.21 bits per heavy atom. The molecule has 4 heteroatoms. The SMILES string of the molecule is CC(C)c1ccc(COc2ccc(Br)cc2)cc1CCO[Si](C)(C)C(C)(C)C. The highest BCUT2D eigenvalue weighted by Gasteiger charge is 2.36. The van der Waals surface area contributed by atoms with Gasteiger partial charge in [-0.3, -0.25) is 0 Å². The summed E-state index contributed by atoms with van der Waals surface area (Å²) < 4.78 is 13.4. The second-order valence-corrected chi connectivity index (χ2v) is 15.0. The summed E-state index contributed by atoms with van der Waals surface area (Å²) in [4.78, 5) is 0. The second-order valence-electron chi connectivity index (χ2n) is 9.29. The minimum absolute atomic E-state index is 0.244. The molecule has 0 saturated heterocycles. The van der Waals surface area contributed by atoms with Gasteiger partial charge >= 0.3 is 0 Å². The van der Waals surface area contributed by atoms with Crippen LogP contribution in [0.4, 0.5) is 0 Å². The van der Waals surface area contributed by atoms with Gasteiger partial charge in [0.05, 0.1) is 0 Å². The van der Waals surface area contributed by atoms with Gasteiger partial charge in [-0.05, 0) is 71.4 Å². The van der Waals surface area contributed by atoms with E-state index in [1.165, 1.54) is 16.7 Å². The third kappa shape index (κ3) is 6.46. The van der Waals surface area contributed by atoms with Crippen molar-refractivity contribution in [3.8, 4) is 5.75 Å². The molecule has 2 nitrogen and oxygen atoms in total. The highest BCUT2D eigenvalue weighted by atomic mass is 79.9. The monoisotopic (exact) mass is 462 g/mol. The topological polar surface area (TPSA) is 18.5 Å². The zero-order valence-corrected chi connectivity index (χ0v) is 21.0. The first-order chi connectivity index (χ1) is 13.0. The van der Waals surface area contributed by atoms with Crippen LogP contribution < -0.4 is 4.74 Å². The Balaban J connectivity index is 2.06. The largest absolute Gasteiger partial charge is 0.489 e. The Kier molecular flexibility index (Phi) is 7.94. The van der Waals surface area contributed by atoms with Gasteiger partial charge in [-0.2, -0.15) is 0 Å². The maximum atomic E-state index is 6.42. The Morgan fingerprint density at radius 1 is 1.00 bits per heavy atom. The minimum atomic E-state index is -1.71. The number of rotatable bonds is 8.